The summed E-state index contributed by atoms with van der Waals surface area (Å²) in [5.41, 5.74) is -1.94. The number of aromatic nitrogens is 2. The predicted molar refractivity (Wildman–Crippen MR) is 71.2 cm³/mol. The van der Waals surface area contributed by atoms with Crippen molar-refractivity contribution in [1.82, 2.24) is 9.97 Å². The van der Waals surface area contributed by atoms with Gasteiger partial charge in [-0.1, -0.05) is 0 Å². The molecule has 2 rings (SSSR count). The Morgan fingerprint density at radius 1 is 1.47 bits per heavy atom. The highest BCUT2D eigenvalue weighted by atomic mass is 32.1. The van der Waals surface area contributed by atoms with Crippen LogP contribution in [0.15, 0.2) is 16.9 Å². The molecule has 0 radical (unpaired) electrons. The van der Waals surface area contributed by atoms with Gasteiger partial charge >= 0.3 is 11.2 Å². The van der Waals surface area contributed by atoms with Crippen LogP contribution in [0.4, 0.5) is 5.69 Å². The molecule has 2 aromatic heterocycles. The van der Waals surface area contributed by atoms with Crippen molar-refractivity contribution in [2.75, 3.05) is 0 Å². The summed E-state index contributed by atoms with van der Waals surface area (Å²) in [6.45, 7) is 1.96. The molecule has 2 aromatic rings. The van der Waals surface area contributed by atoms with Crippen molar-refractivity contribution in [2.45, 2.75) is 6.92 Å². The van der Waals surface area contributed by atoms with E-state index in [-0.39, 0.29) is 5.82 Å². The highest BCUT2D eigenvalue weighted by Gasteiger charge is 2.21. The summed E-state index contributed by atoms with van der Waals surface area (Å²) < 4.78 is 0. The first-order valence-electron chi connectivity index (χ1n) is 5.19. The molecule has 7 nitrogen and oxygen atoms in total. The fraction of sp³-hybridized carbons (Fsp3) is 0.0909. The lowest BCUT2D eigenvalue weighted by molar-refractivity contribution is -0.387. The smallest absolute Gasteiger partial charge is 0.395 e. The van der Waals surface area contributed by atoms with Crippen LogP contribution in [0.2, 0.25) is 0 Å². The average Bonchev–Trinajstić information content (AvgIpc) is 2.71. The second kappa shape index (κ2) is 5.02. The van der Waals surface area contributed by atoms with Crippen molar-refractivity contribution in [3.63, 3.8) is 0 Å². The number of rotatable bonds is 3. The molecule has 0 aliphatic carbocycles. The first kappa shape index (κ1) is 13.0. The molecular formula is C11H9N3O4S. The van der Waals surface area contributed by atoms with Gasteiger partial charge in [-0.15, -0.1) is 11.3 Å². The lowest BCUT2D eigenvalue weighted by atomic mass is 10.4. The van der Waals surface area contributed by atoms with Gasteiger partial charge < -0.3 is 10.1 Å². The van der Waals surface area contributed by atoms with Gasteiger partial charge in [0.05, 0.1) is 4.92 Å². The van der Waals surface area contributed by atoms with E-state index in [0.29, 0.717) is 0 Å². The Morgan fingerprint density at radius 2 is 2.21 bits per heavy atom. The van der Waals surface area contributed by atoms with Gasteiger partial charge in [-0.25, -0.2) is 0 Å². The fourth-order valence-electron chi connectivity index (χ4n) is 1.42. The van der Waals surface area contributed by atoms with Crippen molar-refractivity contribution < 1.29 is 10.0 Å². The SMILES string of the molecule is Cc1ccc(C=Cc2nc(O)c([N+](=O)[O-])c(=O)[nH]2)s1. The third-order valence-electron chi connectivity index (χ3n) is 2.24. The van der Waals surface area contributed by atoms with Gasteiger partial charge in [0.15, 0.2) is 0 Å². The summed E-state index contributed by atoms with van der Waals surface area (Å²) in [6.07, 6.45) is 3.16. The van der Waals surface area contributed by atoms with Crippen LogP contribution in [0, 0.1) is 17.0 Å². The largest absolute Gasteiger partial charge is 0.488 e. The topological polar surface area (TPSA) is 109 Å². The normalized spacial score (nSPS) is 11.0. The minimum absolute atomic E-state index is 0.0548. The minimum atomic E-state index is -0.987. The quantitative estimate of drug-likeness (QED) is 0.659. The zero-order valence-electron chi connectivity index (χ0n) is 9.78. The Balaban J connectivity index is 2.35. The number of aromatic hydroxyl groups is 1. The molecule has 2 heterocycles. The van der Waals surface area contributed by atoms with Gasteiger partial charge in [-0.05, 0) is 31.2 Å². The van der Waals surface area contributed by atoms with Crippen LogP contribution in [0.25, 0.3) is 12.2 Å². The van der Waals surface area contributed by atoms with Crippen LogP contribution >= 0.6 is 11.3 Å². The van der Waals surface area contributed by atoms with Gasteiger partial charge in [0.1, 0.15) is 5.82 Å². The lowest BCUT2D eigenvalue weighted by Gasteiger charge is -1.96. The maximum atomic E-state index is 11.4. The molecule has 8 heteroatoms. The molecule has 0 aliphatic rings. The van der Waals surface area contributed by atoms with Crippen LogP contribution in [0.1, 0.15) is 15.6 Å². The van der Waals surface area contributed by atoms with Gasteiger partial charge in [0.2, 0.25) is 0 Å². The molecule has 0 fully saturated rings. The first-order valence-corrected chi connectivity index (χ1v) is 6.01. The van der Waals surface area contributed by atoms with Crippen molar-refractivity contribution in [3.05, 3.63) is 48.2 Å². The van der Waals surface area contributed by atoms with Gasteiger partial charge in [-0.3, -0.25) is 14.9 Å². The van der Waals surface area contributed by atoms with Crippen molar-refractivity contribution in [1.29, 1.82) is 0 Å². The van der Waals surface area contributed by atoms with Gasteiger partial charge in [-0.2, -0.15) is 4.98 Å². The number of hydrogen-bond acceptors (Lipinski definition) is 6. The molecule has 0 saturated heterocycles. The number of hydrogen-bond donors (Lipinski definition) is 2. The standard InChI is InChI=1S/C11H9N3O4S/c1-6-2-3-7(19-6)4-5-8-12-10(15)9(14(17)18)11(16)13-8/h2-5H,1H3,(H2,12,13,15,16). The average molecular weight is 279 g/mol. The third kappa shape index (κ3) is 2.86. The van der Waals surface area contributed by atoms with E-state index in [2.05, 4.69) is 9.97 Å². The summed E-state index contributed by atoms with van der Waals surface area (Å²) in [7, 11) is 0. The Kier molecular flexibility index (Phi) is 3.43. The number of thiophene rings is 1. The second-order valence-electron chi connectivity index (χ2n) is 3.66. The zero-order valence-corrected chi connectivity index (χ0v) is 10.6. The number of nitrogens with one attached hydrogen (secondary N) is 1. The molecule has 0 aliphatic heterocycles. The molecule has 0 atom stereocenters. The van der Waals surface area contributed by atoms with Crippen LogP contribution in [0.5, 0.6) is 5.88 Å². The molecule has 0 amide bonds. The van der Waals surface area contributed by atoms with Gasteiger partial charge in [0.25, 0.3) is 5.88 Å². The molecule has 98 valence electrons. The number of nitro groups is 1. The Labute approximate surface area is 111 Å². The van der Waals surface area contributed by atoms with Crippen LogP contribution in [0.3, 0.4) is 0 Å². The number of aromatic amines is 1. The summed E-state index contributed by atoms with van der Waals surface area (Å²) >= 11 is 1.55. The zero-order chi connectivity index (χ0) is 14.0. The second-order valence-corrected chi connectivity index (χ2v) is 4.98. The van der Waals surface area contributed by atoms with E-state index in [1.54, 1.807) is 17.4 Å². The molecule has 0 aromatic carbocycles. The molecule has 0 spiro atoms. The molecule has 0 bridgehead atoms. The number of nitrogens with zero attached hydrogens (tertiary/aromatic N) is 2. The molecule has 19 heavy (non-hydrogen) atoms. The van der Waals surface area contributed by atoms with Gasteiger partial charge in [0, 0.05) is 9.75 Å². The Bertz CT molecular complexity index is 717. The van der Waals surface area contributed by atoms with Crippen LogP contribution in [-0.2, 0) is 0 Å². The lowest BCUT2D eigenvalue weighted by Crippen LogP contribution is -2.14. The summed E-state index contributed by atoms with van der Waals surface area (Å²) in [5.74, 6) is -0.838. The molecule has 0 saturated carbocycles. The minimum Gasteiger partial charge on any atom is -0.488 e. The van der Waals surface area contributed by atoms with E-state index >= 15 is 0 Å². The van der Waals surface area contributed by atoms with E-state index in [1.807, 2.05) is 19.1 Å². The summed E-state index contributed by atoms with van der Waals surface area (Å²) in [5, 5.41) is 19.8. The molecular weight excluding hydrogens is 270 g/mol. The summed E-state index contributed by atoms with van der Waals surface area (Å²) in [6, 6.07) is 3.83. The predicted octanol–water partition coefficient (Wildman–Crippen LogP) is 1.92. The highest BCUT2D eigenvalue weighted by Crippen LogP contribution is 2.19. The van der Waals surface area contributed by atoms with Crippen LogP contribution < -0.4 is 5.56 Å². The monoisotopic (exact) mass is 279 g/mol. The van der Waals surface area contributed by atoms with Crippen LogP contribution in [-0.4, -0.2) is 20.0 Å². The number of aryl methyl sites for hydroxylation is 1. The fourth-order valence-corrected chi connectivity index (χ4v) is 2.20. The maximum absolute atomic E-state index is 11.4. The summed E-state index contributed by atoms with van der Waals surface area (Å²) in [4.78, 5) is 28.8. The number of H-pyrrole nitrogens is 1. The van der Waals surface area contributed by atoms with E-state index in [9.17, 15) is 20.0 Å². The molecule has 0 unspecified atom stereocenters. The first-order chi connectivity index (χ1) is 8.97. The van der Waals surface area contributed by atoms with E-state index in [1.165, 1.54) is 6.08 Å². The highest BCUT2D eigenvalue weighted by molar-refractivity contribution is 7.12. The Morgan fingerprint density at radius 3 is 2.74 bits per heavy atom. The molecule has 2 N–H and O–H groups in total. The maximum Gasteiger partial charge on any atom is 0.395 e. The van der Waals surface area contributed by atoms with E-state index < -0.39 is 22.0 Å². The van der Waals surface area contributed by atoms with E-state index in [4.69, 9.17) is 0 Å². The van der Waals surface area contributed by atoms with Crippen molar-refractivity contribution in [3.8, 4) is 5.88 Å². The van der Waals surface area contributed by atoms with E-state index in [0.717, 1.165) is 9.75 Å². The van der Waals surface area contributed by atoms with Crippen molar-refractivity contribution in [2.24, 2.45) is 0 Å². The van der Waals surface area contributed by atoms with Crippen molar-refractivity contribution >= 4 is 29.2 Å². The Hall–Kier alpha value is -2.48. The third-order valence-corrected chi connectivity index (χ3v) is 3.21.